The standard InChI is InChI=1S/C26H42N4O22P2/c1-46-8-9-47-7-5-17(33)28-12(24(39)40)2-3-15(31)27-10-13-18(34)20(36)22(38)25(50-13)51-54(44,45)52-53(42,43)48-11-14-19(35)21(37)23(49-14)30-6-4-16(32)29-26(30)41/h4,6,12-14,18-23,25,34-38H,2-3,5,7-11H2,1H3,(H,27,31)(H,28,33)(H,39,40)(H,42,43)(H,44,45)(H,29,32,41)/p-2/t12?,13?,14-,18+,19+,20+,21+,22?,23?,25?/m1/s1. The van der Waals surface area contributed by atoms with Gasteiger partial charge in [0.05, 0.1) is 26.4 Å². The zero-order chi connectivity index (χ0) is 40.4. The number of nitrogens with one attached hydrogen (secondary N) is 3. The van der Waals surface area contributed by atoms with E-state index in [1.54, 1.807) is 0 Å². The number of aliphatic hydroxyl groups is 5. The molecule has 308 valence electrons. The molecule has 3 rings (SSSR count). The van der Waals surface area contributed by atoms with Gasteiger partial charge in [-0.05, 0) is 6.42 Å². The van der Waals surface area contributed by atoms with Crippen molar-refractivity contribution in [2.75, 3.05) is 40.1 Å². The largest absolute Gasteiger partial charge is 0.756 e. The van der Waals surface area contributed by atoms with Gasteiger partial charge in [-0.1, -0.05) is 0 Å². The average Bonchev–Trinajstić information content (AvgIpc) is 3.36. The second-order valence-electron chi connectivity index (χ2n) is 11.6. The predicted octanol–water partition coefficient (Wildman–Crippen LogP) is -6.53. The minimum atomic E-state index is -6.10. The van der Waals surface area contributed by atoms with Crippen molar-refractivity contribution in [3.63, 3.8) is 0 Å². The third-order valence-corrected chi connectivity index (χ3v) is 10.2. The molecule has 3 heterocycles. The lowest BCUT2D eigenvalue weighted by Gasteiger charge is -2.42. The number of aromatic amines is 1. The number of aliphatic hydroxyl groups excluding tert-OH is 5. The monoisotopic (exact) mass is 822 g/mol. The van der Waals surface area contributed by atoms with E-state index in [0.717, 1.165) is 12.3 Å². The maximum absolute atomic E-state index is 12.5. The van der Waals surface area contributed by atoms with Gasteiger partial charge in [0.25, 0.3) is 21.2 Å². The summed E-state index contributed by atoms with van der Waals surface area (Å²) in [4.78, 5) is 86.0. The fourth-order valence-corrected chi connectivity index (χ4v) is 6.95. The number of methoxy groups -OCH3 is 1. The van der Waals surface area contributed by atoms with Gasteiger partial charge >= 0.3 is 11.7 Å². The van der Waals surface area contributed by atoms with Crippen LogP contribution in [-0.4, -0.2) is 153 Å². The molecule has 2 fully saturated rings. The number of aliphatic carboxylic acids is 1. The van der Waals surface area contributed by atoms with E-state index < -0.39 is 132 Å². The maximum atomic E-state index is 12.5. The highest BCUT2D eigenvalue weighted by molar-refractivity contribution is 7.59. The molecule has 2 aliphatic heterocycles. The van der Waals surface area contributed by atoms with Crippen LogP contribution in [0.5, 0.6) is 0 Å². The summed E-state index contributed by atoms with van der Waals surface area (Å²) < 4.78 is 58.5. The number of rotatable bonds is 21. The van der Waals surface area contributed by atoms with E-state index in [-0.39, 0.29) is 26.2 Å². The molecule has 2 saturated heterocycles. The molecule has 7 unspecified atom stereocenters. The summed E-state index contributed by atoms with van der Waals surface area (Å²) in [6.45, 7) is -1.41. The second kappa shape index (κ2) is 20.2. The van der Waals surface area contributed by atoms with Crippen LogP contribution in [0.2, 0.25) is 0 Å². The number of phosphoric acid groups is 2. The van der Waals surface area contributed by atoms with Gasteiger partial charge < -0.3 is 74.5 Å². The first-order valence-electron chi connectivity index (χ1n) is 15.8. The summed E-state index contributed by atoms with van der Waals surface area (Å²) in [6.07, 6.45) is -17.9. The number of aromatic nitrogens is 2. The number of nitrogens with zero attached hydrogens (tertiary/aromatic N) is 1. The zero-order valence-electron chi connectivity index (χ0n) is 28.1. The minimum Gasteiger partial charge on any atom is -0.756 e. The Balaban J connectivity index is 1.51. The maximum Gasteiger partial charge on any atom is 0.330 e. The number of phosphoric ester groups is 2. The van der Waals surface area contributed by atoms with Gasteiger partial charge in [0, 0.05) is 38.8 Å². The van der Waals surface area contributed by atoms with Crippen LogP contribution in [0.3, 0.4) is 0 Å². The molecule has 12 atom stereocenters. The first-order valence-corrected chi connectivity index (χ1v) is 18.7. The Labute approximate surface area is 303 Å². The molecule has 2 aliphatic rings. The molecule has 0 aromatic carbocycles. The number of carboxylic acids is 1. The Kier molecular flexibility index (Phi) is 17.0. The lowest BCUT2D eigenvalue weighted by molar-refractivity contribution is -0.301. The summed E-state index contributed by atoms with van der Waals surface area (Å²) in [7, 11) is -10.6. The number of hydrogen-bond acceptors (Lipinski definition) is 21. The van der Waals surface area contributed by atoms with Gasteiger partial charge in [0.1, 0.15) is 48.8 Å². The molecular weight excluding hydrogens is 782 g/mol. The quantitative estimate of drug-likeness (QED) is 0.0411. The van der Waals surface area contributed by atoms with E-state index in [9.17, 15) is 73.5 Å². The number of amides is 2. The molecule has 0 aliphatic carbocycles. The van der Waals surface area contributed by atoms with E-state index in [4.69, 9.17) is 18.9 Å². The fraction of sp³-hybridized carbons (Fsp3) is 0.731. The van der Waals surface area contributed by atoms with Crippen LogP contribution in [0, 0.1) is 0 Å². The van der Waals surface area contributed by atoms with Crippen LogP contribution < -0.4 is 31.7 Å². The normalized spacial score (nSPS) is 29.8. The molecule has 0 bridgehead atoms. The van der Waals surface area contributed by atoms with E-state index >= 15 is 0 Å². The molecule has 1 aromatic heterocycles. The minimum absolute atomic E-state index is 0.0192. The van der Waals surface area contributed by atoms with Crippen molar-refractivity contribution in [3.8, 4) is 0 Å². The van der Waals surface area contributed by atoms with Crippen LogP contribution in [0.15, 0.2) is 21.9 Å². The number of carboxylic acid groups (broad SMARTS) is 1. The Morgan fingerprint density at radius 1 is 0.926 bits per heavy atom. The fourth-order valence-electron chi connectivity index (χ4n) is 4.87. The molecule has 54 heavy (non-hydrogen) atoms. The summed E-state index contributed by atoms with van der Waals surface area (Å²) in [5.74, 6) is -2.97. The lowest BCUT2D eigenvalue weighted by atomic mass is 9.99. The van der Waals surface area contributed by atoms with Gasteiger partial charge in [-0.15, -0.1) is 0 Å². The van der Waals surface area contributed by atoms with Crippen molar-refractivity contribution in [2.24, 2.45) is 0 Å². The molecule has 26 nitrogen and oxygen atoms in total. The summed E-state index contributed by atoms with van der Waals surface area (Å²) in [5, 5.41) is 65.1. The van der Waals surface area contributed by atoms with E-state index in [0.29, 0.717) is 4.57 Å². The van der Waals surface area contributed by atoms with Crippen LogP contribution in [-0.2, 0) is 55.8 Å². The van der Waals surface area contributed by atoms with Crippen molar-refractivity contribution >= 4 is 33.4 Å². The molecule has 9 N–H and O–H groups in total. The van der Waals surface area contributed by atoms with Crippen LogP contribution >= 0.6 is 15.6 Å². The molecular formula is C26H40N4O22P2-2. The molecule has 0 spiro atoms. The zero-order valence-corrected chi connectivity index (χ0v) is 29.9. The van der Waals surface area contributed by atoms with Crippen molar-refractivity contribution in [1.82, 2.24) is 20.2 Å². The topological polar surface area (TPSA) is 396 Å². The first kappa shape index (κ1) is 45.4. The summed E-state index contributed by atoms with van der Waals surface area (Å²) >= 11 is 0. The van der Waals surface area contributed by atoms with Gasteiger partial charge in [0.15, 0.2) is 12.5 Å². The van der Waals surface area contributed by atoms with Gasteiger partial charge in [-0.25, -0.2) is 13.9 Å². The third-order valence-electron chi connectivity index (χ3n) is 7.66. The molecule has 28 heteroatoms. The Morgan fingerprint density at radius 2 is 1.61 bits per heavy atom. The Hall–Kier alpha value is -3.01. The van der Waals surface area contributed by atoms with Crippen LogP contribution in [0.4, 0.5) is 0 Å². The summed E-state index contributed by atoms with van der Waals surface area (Å²) in [6, 6.07) is -0.590. The van der Waals surface area contributed by atoms with Crippen LogP contribution in [0.1, 0.15) is 25.5 Å². The Morgan fingerprint density at radius 3 is 2.26 bits per heavy atom. The molecule has 0 saturated carbocycles. The summed E-state index contributed by atoms with van der Waals surface area (Å²) in [5.41, 5.74) is -1.85. The smallest absolute Gasteiger partial charge is 0.330 e. The second-order valence-corrected chi connectivity index (χ2v) is 14.5. The first-order chi connectivity index (χ1) is 25.2. The van der Waals surface area contributed by atoms with Gasteiger partial charge in [-0.3, -0.25) is 37.6 Å². The average molecular weight is 823 g/mol. The number of H-pyrrole nitrogens is 1. The third kappa shape index (κ3) is 13.3. The highest BCUT2D eigenvalue weighted by Crippen LogP contribution is 2.57. The number of carbonyl (C=O) groups excluding carboxylic acids is 2. The van der Waals surface area contributed by atoms with Crippen molar-refractivity contribution < 1.29 is 96.2 Å². The van der Waals surface area contributed by atoms with Gasteiger partial charge in [-0.2, -0.15) is 0 Å². The SMILES string of the molecule is COCCOCCC(=O)NC(CCC(=O)NCC1OC(OP(=O)([O-])OP(=O)([O-])OC[C@H]2OC(n3ccc(=O)[nH]c3=O)[C@@H](O)[C@H]2O)C(O)[C@@H](O)[C@H]1O)C(=O)O. The van der Waals surface area contributed by atoms with E-state index in [1.807, 2.05) is 4.98 Å². The Bertz CT molecular complexity index is 1640. The van der Waals surface area contributed by atoms with E-state index in [1.165, 1.54) is 7.11 Å². The number of carbonyl (C=O) groups is 3. The highest BCUT2D eigenvalue weighted by Gasteiger charge is 2.47. The van der Waals surface area contributed by atoms with Crippen molar-refractivity contribution in [3.05, 3.63) is 33.1 Å². The molecule has 2 amide bonds. The number of ether oxygens (including phenoxy) is 4. The number of hydrogen-bond donors (Lipinski definition) is 9. The van der Waals surface area contributed by atoms with Gasteiger partial charge in [0.2, 0.25) is 11.8 Å². The highest BCUT2D eigenvalue weighted by atomic mass is 31.3. The van der Waals surface area contributed by atoms with Crippen molar-refractivity contribution in [2.45, 2.75) is 80.5 Å². The molecule has 0 radical (unpaired) electrons. The van der Waals surface area contributed by atoms with Crippen LogP contribution in [0.25, 0.3) is 0 Å². The molecule has 1 aromatic rings. The predicted molar refractivity (Wildman–Crippen MR) is 166 cm³/mol. The van der Waals surface area contributed by atoms with Crippen molar-refractivity contribution in [1.29, 1.82) is 0 Å². The lowest BCUT2D eigenvalue weighted by Crippen LogP contribution is -2.60. The van der Waals surface area contributed by atoms with E-state index in [2.05, 4.69) is 24.0 Å².